The molecule has 0 atom stereocenters. The molecule has 22 heavy (non-hydrogen) atoms. The van der Waals surface area contributed by atoms with Crippen molar-refractivity contribution < 1.29 is 28.6 Å². The fraction of sp³-hybridized carbons (Fsp3) is 0.267. The Kier molecular flexibility index (Phi) is 7.18. The first-order valence-corrected chi connectivity index (χ1v) is 6.50. The van der Waals surface area contributed by atoms with E-state index in [4.69, 9.17) is 4.74 Å². The van der Waals surface area contributed by atoms with Gasteiger partial charge in [-0.2, -0.15) is 0 Å². The smallest absolute Gasteiger partial charge is 0.331 e. The average molecular weight is 307 g/mol. The minimum Gasteiger partial charge on any atom is -0.497 e. The van der Waals surface area contributed by atoms with E-state index in [9.17, 15) is 14.4 Å². The minimum absolute atomic E-state index is 0.209. The molecule has 0 aliphatic rings. The molecule has 0 saturated heterocycles. The van der Waals surface area contributed by atoms with E-state index in [1.807, 2.05) is 0 Å². The van der Waals surface area contributed by atoms with Gasteiger partial charge in [0.1, 0.15) is 5.75 Å². The molecular formula is C15H17NO6. The van der Waals surface area contributed by atoms with Gasteiger partial charge in [-0.15, -0.1) is 0 Å². The second-order valence-electron chi connectivity index (χ2n) is 3.97. The van der Waals surface area contributed by atoms with Gasteiger partial charge < -0.3 is 19.5 Å². The average Bonchev–Trinajstić information content (AvgIpc) is 2.51. The molecular weight excluding hydrogens is 290 g/mol. The predicted octanol–water partition coefficient (Wildman–Crippen LogP) is 1.30. The molecule has 1 aromatic rings. The van der Waals surface area contributed by atoms with Crippen LogP contribution in [0.25, 0.3) is 0 Å². The molecule has 1 rings (SSSR count). The van der Waals surface area contributed by atoms with Crippen LogP contribution in [0.5, 0.6) is 5.75 Å². The van der Waals surface area contributed by atoms with Crippen LogP contribution in [0.2, 0.25) is 0 Å². The number of nitrogens with one attached hydrogen (secondary N) is 1. The molecule has 0 unspecified atom stereocenters. The minimum atomic E-state index is -0.811. The highest BCUT2D eigenvalue weighted by molar-refractivity contribution is 5.95. The van der Waals surface area contributed by atoms with Crippen molar-refractivity contribution in [3.8, 4) is 5.75 Å². The highest BCUT2D eigenvalue weighted by Gasteiger charge is 2.07. The lowest BCUT2D eigenvalue weighted by Gasteiger charge is -2.06. The Morgan fingerprint density at radius 1 is 1.14 bits per heavy atom. The van der Waals surface area contributed by atoms with Crippen LogP contribution in [0.1, 0.15) is 6.92 Å². The molecule has 0 fully saturated rings. The molecule has 0 aliphatic carbocycles. The quantitative estimate of drug-likeness (QED) is 0.603. The molecule has 1 N–H and O–H groups in total. The molecule has 118 valence electrons. The molecule has 1 aromatic carbocycles. The maximum absolute atomic E-state index is 11.6. The van der Waals surface area contributed by atoms with Crippen molar-refractivity contribution in [2.45, 2.75) is 6.92 Å². The fourth-order valence-electron chi connectivity index (χ4n) is 1.41. The number of esters is 2. The molecule has 1 amide bonds. The second kappa shape index (κ2) is 9.17. The summed E-state index contributed by atoms with van der Waals surface area (Å²) in [5, 5.41) is 2.55. The summed E-state index contributed by atoms with van der Waals surface area (Å²) in [7, 11) is 1.51. The number of carbonyl (C=O) groups is 3. The molecule has 0 heterocycles. The molecule has 0 spiro atoms. The fourth-order valence-corrected chi connectivity index (χ4v) is 1.41. The third-order valence-electron chi connectivity index (χ3n) is 2.34. The molecule has 0 aromatic heterocycles. The van der Waals surface area contributed by atoms with Crippen molar-refractivity contribution in [1.29, 1.82) is 0 Å². The van der Waals surface area contributed by atoms with Crippen molar-refractivity contribution in [3.63, 3.8) is 0 Å². The van der Waals surface area contributed by atoms with Crippen molar-refractivity contribution in [3.05, 3.63) is 36.4 Å². The zero-order valence-corrected chi connectivity index (χ0v) is 12.3. The summed E-state index contributed by atoms with van der Waals surface area (Å²) in [5.41, 5.74) is 0.516. The second-order valence-corrected chi connectivity index (χ2v) is 3.97. The van der Waals surface area contributed by atoms with Crippen LogP contribution in [0.15, 0.2) is 36.4 Å². The number of rotatable bonds is 7. The van der Waals surface area contributed by atoms with Crippen LogP contribution in [0, 0.1) is 0 Å². The topological polar surface area (TPSA) is 90.9 Å². The van der Waals surface area contributed by atoms with Gasteiger partial charge in [0.2, 0.25) is 0 Å². The lowest BCUT2D eigenvalue weighted by Crippen LogP contribution is -2.20. The van der Waals surface area contributed by atoms with E-state index in [2.05, 4.69) is 14.8 Å². The van der Waals surface area contributed by atoms with Crippen LogP contribution in [-0.2, 0) is 23.9 Å². The van der Waals surface area contributed by atoms with Gasteiger partial charge in [-0.25, -0.2) is 9.59 Å². The van der Waals surface area contributed by atoms with Gasteiger partial charge in [-0.3, -0.25) is 4.79 Å². The van der Waals surface area contributed by atoms with E-state index < -0.39 is 24.5 Å². The van der Waals surface area contributed by atoms with E-state index in [0.29, 0.717) is 11.4 Å². The third kappa shape index (κ3) is 6.56. The predicted molar refractivity (Wildman–Crippen MR) is 78.4 cm³/mol. The standard InChI is InChI=1S/C15H17NO6/c1-3-21-14(18)7-8-15(19)22-10-13(17)16-11-5-4-6-12(9-11)20-2/h4-9H,3,10H2,1-2H3,(H,16,17)/b8-7+. The van der Waals surface area contributed by atoms with E-state index in [1.165, 1.54) is 7.11 Å². The van der Waals surface area contributed by atoms with Crippen LogP contribution < -0.4 is 10.1 Å². The van der Waals surface area contributed by atoms with Gasteiger partial charge in [0.25, 0.3) is 5.91 Å². The van der Waals surface area contributed by atoms with Crippen molar-refractivity contribution in [2.24, 2.45) is 0 Å². The number of benzene rings is 1. The summed E-state index contributed by atoms with van der Waals surface area (Å²) in [4.78, 5) is 33.9. The van der Waals surface area contributed by atoms with Crippen LogP contribution in [-0.4, -0.2) is 38.2 Å². The van der Waals surface area contributed by atoms with Gasteiger partial charge in [0.15, 0.2) is 6.61 Å². The molecule has 0 aliphatic heterocycles. The molecule has 0 saturated carbocycles. The Morgan fingerprint density at radius 3 is 2.45 bits per heavy atom. The highest BCUT2D eigenvalue weighted by atomic mass is 16.5. The summed E-state index contributed by atoms with van der Waals surface area (Å²) >= 11 is 0. The van der Waals surface area contributed by atoms with E-state index in [1.54, 1.807) is 31.2 Å². The van der Waals surface area contributed by atoms with Crippen molar-refractivity contribution in [2.75, 3.05) is 25.6 Å². The number of methoxy groups -OCH3 is 1. The van der Waals surface area contributed by atoms with Crippen LogP contribution in [0.3, 0.4) is 0 Å². The number of carbonyl (C=O) groups excluding carboxylic acids is 3. The Balaban J connectivity index is 2.39. The maximum Gasteiger partial charge on any atom is 0.331 e. The SMILES string of the molecule is CCOC(=O)/C=C/C(=O)OCC(=O)Nc1cccc(OC)c1. The van der Waals surface area contributed by atoms with Gasteiger partial charge in [-0.1, -0.05) is 6.07 Å². The first-order valence-electron chi connectivity index (χ1n) is 6.50. The Bertz CT molecular complexity index is 567. The summed E-state index contributed by atoms with van der Waals surface area (Å²) in [6.07, 6.45) is 1.84. The molecule has 0 radical (unpaired) electrons. The summed E-state index contributed by atoms with van der Waals surface area (Å²) < 4.78 is 14.3. The third-order valence-corrected chi connectivity index (χ3v) is 2.34. The van der Waals surface area contributed by atoms with E-state index in [-0.39, 0.29) is 6.61 Å². The largest absolute Gasteiger partial charge is 0.497 e. The Morgan fingerprint density at radius 2 is 1.82 bits per heavy atom. The zero-order chi connectivity index (χ0) is 16.4. The number of hydrogen-bond donors (Lipinski definition) is 1. The Hall–Kier alpha value is -2.83. The van der Waals surface area contributed by atoms with Crippen LogP contribution in [0.4, 0.5) is 5.69 Å². The highest BCUT2D eigenvalue weighted by Crippen LogP contribution is 2.16. The summed E-state index contributed by atoms with van der Waals surface area (Å²) in [6, 6.07) is 6.74. The lowest BCUT2D eigenvalue weighted by atomic mass is 10.3. The van der Waals surface area contributed by atoms with E-state index >= 15 is 0 Å². The van der Waals surface area contributed by atoms with Gasteiger partial charge in [-0.05, 0) is 19.1 Å². The van der Waals surface area contributed by atoms with Gasteiger partial charge in [0, 0.05) is 23.9 Å². The van der Waals surface area contributed by atoms with Crippen molar-refractivity contribution >= 4 is 23.5 Å². The Labute approximate surface area is 127 Å². The molecule has 7 heteroatoms. The first kappa shape index (κ1) is 17.2. The summed E-state index contributed by atoms with van der Waals surface area (Å²) in [6.45, 7) is 1.39. The first-order chi connectivity index (χ1) is 10.5. The number of anilines is 1. The van der Waals surface area contributed by atoms with Crippen molar-refractivity contribution in [1.82, 2.24) is 0 Å². The number of ether oxygens (including phenoxy) is 3. The van der Waals surface area contributed by atoms with Gasteiger partial charge in [0.05, 0.1) is 13.7 Å². The monoisotopic (exact) mass is 307 g/mol. The number of hydrogen-bond acceptors (Lipinski definition) is 6. The van der Waals surface area contributed by atoms with E-state index in [0.717, 1.165) is 12.2 Å². The van der Waals surface area contributed by atoms with Crippen LogP contribution >= 0.6 is 0 Å². The molecule has 7 nitrogen and oxygen atoms in total. The summed E-state index contributed by atoms with van der Waals surface area (Å²) in [5.74, 6) is -1.38. The lowest BCUT2D eigenvalue weighted by molar-refractivity contribution is -0.143. The maximum atomic E-state index is 11.6. The molecule has 0 bridgehead atoms. The van der Waals surface area contributed by atoms with Gasteiger partial charge >= 0.3 is 11.9 Å². The normalized spacial score (nSPS) is 10.1. The zero-order valence-electron chi connectivity index (χ0n) is 12.3. The number of amides is 1.